The summed E-state index contributed by atoms with van der Waals surface area (Å²) in [7, 11) is 0.818. The molecule has 1 amide bonds. The first-order chi connectivity index (χ1) is 12.8. The molecular weight excluding hydrogens is 384 g/mol. The van der Waals surface area contributed by atoms with E-state index in [9.17, 15) is 13.2 Å². The van der Waals surface area contributed by atoms with Gasteiger partial charge in [0.25, 0.3) is 5.91 Å². The van der Waals surface area contributed by atoms with Gasteiger partial charge in [0.1, 0.15) is 0 Å². The minimum absolute atomic E-state index is 0.00102. The third kappa shape index (κ3) is 4.62. The third-order valence-electron chi connectivity index (χ3n) is 4.82. The van der Waals surface area contributed by atoms with Crippen LogP contribution in [0.1, 0.15) is 22.3 Å². The molecule has 1 atom stereocenters. The van der Waals surface area contributed by atoms with Crippen LogP contribution in [0.3, 0.4) is 0 Å². The molecule has 0 spiro atoms. The summed E-state index contributed by atoms with van der Waals surface area (Å²) in [5, 5.41) is 0.372. The number of anilines is 1. The summed E-state index contributed by atoms with van der Waals surface area (Å²) >= 11 is 6.21. The number of nitrogens with zero attached hydrogens (tertiary/aromatic N) is 2. The Morgan fingerprint density at radius 1 is 1.11 bits per heavy atom. The maximum Gasteiger partial charge on any atom is 0.255 e. The SMILES string of the molecule is CN(C)c1ccc(CN(C(=O)c2ccccc2Cl)C2CCS(=O)(=O)C2)cc1. The highest BCUT2D eigenvalue weighted by molar-refractivity contribution is 7.91. The van der Waals surface area contributed by atoms with Gasteiger partial charge >= 0.3 is 0 Å². The summed E-state index contributed by atoms with van der Waals surface area (Å²) in [6.07, 6.45) is 0.453. The molecule has 1 heterocycles. The summed E-state index contributed by atoms with van der Waals surface area (Å²) in [5.41, 5.74) is 2.41. The summed E-state index contributed by atoms with van der Waals surface area (Å²) in [5.74, 6) is -0.123. The molecule has 5 nitrogen and oxygen atoms in total. The quantitative estimate of drug-likeness (QED) is 0.764. The van der Waals surface area contributed by atoms with Gasteiger partial charge in [-0.15, -0.1) is 0 Å². The fourth-order valence-corrected chi connectivity index (χ4v) is 5.22. The second kappa shape index (κ2) is 7.90. The molecule has 0 radical (unpaired) electrons. The lowest BCUT2D eigenvalue weighted by atomic mass is 10.1. The van der Waals surface area contributed by atoms with E-state index < -0.39 is 9.84 Å². The van der Waals surface area contributed by atoms with E-state index in [4.69, 9.17) is 11.6 Å². The normalized spacial score (nSPS) is 18.3. The Morgan fingerprint density at radius 2 is 1.78 bits per heavy atom. The van der Waals surface area contributed by atoms with Gasteiger partial charge < -0.3 is 9.80 Å². The van der Waals surface area contributed by atoms with Crippen molar-refractivity contribution in [1.82, 2.24) is 4.90 Å². The molecule has 1 aliphatic heterocycles. The van der Waals surface area contributed by atoms with Crippen LogP contribution in [-0.2, 0) is 16.4 Å². The standard InChI is InChI=1S/C20H23ClN2O3S/c1-22(2)16-9-7-15(8-10-16)13-23(17-11-12-27(25,26)14-17)20(24)18-5-3-4-6-19(18)21/h3-10,17H,11-14H2,1-2H3. The van der Waals surface area contributed by atoms with Crippen molar-refractivity contribution < 1.29 is 13.2 Å². The highest BCUT2D eigenvalue weighted by Crippen LogP contribution is 2.25. The first kappa shape index (κ1) is 19.7. The lowest BCUT2D eigenvalue weighted by Crippen LogP contribution is -2.40. The Morgan fingerprint density at radius 3 is 2.33 bits per heavy atom. The van der Waals surface area contributed by atoms with Crippen molar-refractivity contribution in [2.45, 2.75) is 19.0 Å². The van der Waals surface area contributed by atoms with E-state index in [1.807, 2.05) is 43.3 Å². The molecule has 2 aromatic carbocycles. The molecule has 7 heteroatoms. The summed E-state index contributed by atoms with van der Waals surface area (Å²) in [6, 6.07) is 14.4. The van der Waals surface area contributed by atoms with Crippen LogP contribution in [0.15, 0.2) is 48.5 Å². The second-order valence-electron chi connectivity index (χ2n) is 7.03. The van der Waals surface area contributed by atoms with E-state index in [-0.39, 0.29) is 23.5 Å². The van der Waals surface area contributed by atoms with E-state index in [1.54, 1.807) is 29.2 Å². The van der Waals surface area contributed by atoms with Gasteiger partial charge in [-0.2, -0.15) is 0 Å². The van der Waals surface area contributed by atoms with Crippen molar-refractivity contribution in [3.05, 3.63) is 64.7 Å². The van der Waals surface area contributed by atoms with Gasteiger partial charge in [0.2, 0.25) is 0 Å². The summed E-state index contributed by atoms with van der Waals surface area (Å²) in [6.45, 7) is 0.345. The monoisotopic (exact) mass is 406 g/mol. The number of hydrogen-bond acceptors (Lipinski definition) is 4. The molecule has 1 aliphatic rings. The number of carbonyl (C=O) groups is 1. The third-order valence-corrected chi connectivity index (χ3v) is 6.90. The van der Waals surface area contributed by atoms with Crippen LogP contribution >= 0.6 is 11.6 Å². The van der Waals surface area contributed by atoms with Gasteiger partial charge in [0.15, 0.2) is 9.84 Å². The topological polar surface area (TPSA) is 57.7 Å². The number of rotatable bonds is 5. The second-order valence-corrected chi connectivity index (χ2v) is 9.67. The highest BCUT2D eigenvalue weighted by atomic mass is 35.5. The maximum atomic E-state index is 13.2. The molecule has 1 unspecified atom stereocenters. The van der Waals surface area contributed by atoms with Gasteiger partial charge in [-0.05, 0) is 36.2 Å². The first-order valence-electron chi connectivity index (χ1n) is 8.79. The van der Waals surface area contributed by atoms with Crippen molar-refractivity contribution in [3.8, 4) is 0 Å². The van der Waals surface area contributed by atoms with Gasteiger partial charge in [0.05, 0.1) is 22.1 Å². The number of sulfone groups is 1. The van der Waals surface area contributed by atoms with E-state index in [0.29, 0.717) is 23.6 Å². The van der Waals surface area contributed by atoms with Crippen LogP contribution in [0.25, 0.3) is 0 Å². The zero-order chi connectivity index (χ0) is 19.6. The Bertz CT molecular complexity index is 926. The van der Waals surface area contributed by atoms with Crippen molar-refractivity contribution in [3.63, 3.8) is 0 Å². The molecule has 1 fully saturated rings. The molecule has 144 valence electrons. The summed E-state index contributed by atoms with van der Waals surface area (Å²) in [4.78, 5) is 16.8. The van der Waals surface area contributed by atoms with E-state index >= 15 is 0 Å². The number of amides is 1. The molecule has 0 aromatic heterocycles. The largest absolute Gasteiger partial charge is 0.378 e. The minimum atomic E-state index is -3.11. The van der Waals surface area contributed by atoms with Gasteiger partial charge in [-0.1, -0.05) is 35.9 Å². The van der Waals surface area contributed by atoms with Crippen LogP contribution in [0.5, 0.6) is 0 Å². The van der Waals surface area contributed by atoms with Crippen molar-refractivity contribution >= 4 is 33.0 Å². The van der Waals surface area contributed by atoms with Gasteiger partial charge in [-0.25, -0.2) is 8.42 Å². The number of hydrogen-bond donors (Lipinski definition) is 0. The van der Waals surface area contributed by atoms with Gasteiger partial charge in [-0.3, -0.25) is 4.79 Å². The first-order valence-corrected chi connectivity index (χ1v) is 11.0. The van der Waals surface area contributed by atoms with Crippen molar-refractivity contribution in [1.29, 1.82) is 0 Å². The Kier molecular flexibility index (Phi) is 5.77. The molecule has 27 heavy (non-hydrogen) atoms. The van der Waals surface area contributed by atoms with E-state index in [0.717, 1.165) is 11.3 Å². The summed E-state index contributed by atoms with van der Waals surface area (Å²) < 4.78 is 23.9. The predicted octanol–water partition coefficient (Wildman–Crippen LogP) is 3.24. The van der Waals surface area contributed by atoms with Crippen LogP contribution in [0.2, 0.25) is 5.02 Å². The molecular formula is C20H23ClN2O3S. The Labute approximate surface area is 165 Å². The molecule has 0 aliphatic carbocycles. The number of halogens is 1. The van der Waals surface area contributed by atoms with Crippen LogP contribution < -0.4 is 4.90 Å². The zero-order valence-electron chi connectivity index (χ0n) is 15.4. The van der Waals surface area contributed by atoms with Gasteiger partial charge in [0, 0.05) is 32.4 Å². The maximum absolute atomic E-state index is 13.2. The average Bonchev–Trinajstić information content (AvgIpc) is 2.99. The van der Waals surface area contributed by atoms with E-state index in [2.05, 4.69) is 0 Å². The van der Waals surface area contributed by atoms with Crippen molar-refractivity contribution in [2.24, 2.45) is 0 Å². The molecule has 2 aromatic rings. The zero-order valence-corrected chi connectivity index (χ0v) is 17.0. The molecule has 3 rings (SSSR count). The molecule has 1 saturated heterocycles. The van der Waals surface area contributed by atoms with Crippen LogP contribution in [-0.4, -0.2) is 50.9 Å². The van der Waals surface area contributed by atoms with Crippen LogP contribution in [0, 0.1) is 0 Å². The number of carbonyl (C=O) groups excluding carboxylic acids is 1. The molecule has 0 bridgehead atoms. The highest BCUT2D eigenvalue weighted by Gasteiger charge is 2.35. The Balaban J connectivity index is 1.90. The lowest BCUT2D eigenvalue weighted by Gasteiger charge is -2.29. The van der Waals surface area contributed by atoms with Crippen LogP contribution in [0.4, 0.5) is 5.69 Å². The molecule has 0 N–H and O–H groups in total. The van der Waals surface area contributed by atoms with Crippen molar-refractivity contribution in [2.75, 3.05) is 30.5 Å². The van der Waals surface area contributed by atoms with E-state index in [1.165, 1.54) is 0 Å². The smallest absolute Gasteiger partial charge is 0.255 e. The fourth-order valence-electron chi connectivity index (χ4n) is 3.27. The Hall–Kier alpha value is -2.05. The molecule has 0 saturated carbocycles. The average molecular weight is 407 g/mol. The number of benzene rings is 2. The fraction of sp³-hybridized carbons (Fsp3) is 0.350. The lowest BCUT2D eigenvalue weighted by molar-refractivity contribution is 0.0681. The predicted molar refractivity (Wildman–Crippen MR) is 109 cm³/mol. The minimum Gasteiger partial charge on any atom is -0.378 e.